The lowest BCUT2D eigenvalue weighted by molar-refractivity contribution is 0.169. The first-order chi connectivity index (χ1) is 10.3. The fourth-order valence-electron chi connectivity index (χ4n) is 2.56. The second-order valence-corrected chi connectivity index (χ2v) is 5.19. The third-order valence-corrected chi connectivity index (χ3v) is 3.75. The van der Waals surface area contributed by atoms with Crippen molar-refractivity contribution in [2.75, 3.05) is 18.1 Å². The zero-order valence-electron chi connectivity index (χ0n) is 12.2. The van der Waals surface area contributed by atoms with Gasteiger partial charge in [0.2, 0.25) is 0 Å². The lowest BCUT2D eigenvalue weighted by Crippen LogP contribution is -2.18. The van der Waals surface area contributed by atoms with E-state index in [1.807, 2.05) is 43.5 Å². The molecule has 0 amide bonds. The summed E-state index contributed by atoms with van der Waals surface area (Å²) >= 11 is 0. The number of benzene rings is 1. The molecule has 2 heterocycles. The van der Waals surface area contributed by atoms with Crippen molar-refractivity contribution in [3.63, 3.8) is 0 Å². The standard InChI is InChI=1S/C17H20N2O2/c1-2-16(20)14-9-8-13(12-18-14)19-10-5-11-21-17-7-4-3-6-15(17)19/h3-4,6-9,12,16,20H,2,5,10-11H2,1H3/t16-/m1/s1. The van der Waals surface area contributed by atoms with Gasteiger partial charge in [-0.25, -0.2) is 0 Å². The fraction of sp³-hybridized carbons (Fsp3) is 0.353. The number of hydrogen-bond acceptors (Lipinski definition) is 4. The van der Waals surface area contributed by atoms with E-state index in [2.05, 4.69) is 16.0 Å². The molecule has 0 fully saturated rings. The number of anilines is 2. The Bertz CT molecular complexity index is 598. The maximum Gasteiger partial charge on any atom is 0.142 e. The Balaban J connectivity index is 1.93. The molecule has 1 aromatic heterocycles. The molecule has 0 unspecified atom stereocenters. The molecule has 1 aromatic carbocycles. The second-order valence-electron chi connectivity index (χ2n) is 5.19. The van der Waals surface area contributed by atoms with Gasteiger partial charge in [-0.2, -0.15) is 0 Å². The van der Waals surface area contributed by atoms with Crippen LogP contribution < -0.4 is 9.64 Å². The molecular weight excluding hydrogens is 264 g/mol. The summed E-state index contributed by atoms with van der Waals surface area (Å²) in [6.07, 6.45) is 2.98. The average molecular weight is 284 g/mol. The highest BCUT2D eigenvalue weighted by Crippen LogP contribution is 2.35. The predicted octanol–water partition coefficient (Wildman–Crippen LogP) is 3.45. The minimum absolute atomic E-state index is 0.487. The smallest absolute Gasteiger partial charge is 0.142 e. The summed E-state index contributed by atoms with van der Waals surface area (Å²) in [5.74, 6) is 0.910. The van der Waals surface area contributed by atoms with Gasteiger partial charge < -0.3 is 14.7 Å². The quantitative estimate of drug-likeness (QED) is 0.937. The van der Waals surface area contributed by atoms with E-state index in [4.69, 9.17) is 4.74 Å². The van der Waals surface area contributed by atoms with Crippen molar-refractivity contribution in [3.8, 4) is 5.75 Å². The van der Waals surface area contributed by atoms with Crippen molar-refractivity contribution in [2.24, 2.45) is 0 Å². The minimum Gasteiger partial charge on any atom is -0.491 e. The molecule has 21 heavy (non-hydrogen) atoms. The van der Waals surface area contributed by atoms with Crippen LogP contribution in [0.4, 0.5) is 11.4 Å². The van der Waals surface area contributed by atoms with Crippen LogP contribution in [-0.4, -0.2) is 23.2 Å². The highest BCUT2D eigenvalue weighted by Gasteiger charge is 2.18. The number of ether oxygens (including phenoxy) is 1. The third-order valence-electron chi connectivity index (χ3n) is 3.75. The summed E-state index contributed by atoms with van der Waals surface area (Å²) in [4.78, 5) is 6.62. The number of fused-ring (bicyclic) bond motifs is 1. The fourth-order valence-corrected chi connectivity index (χ4v) is 2.56. The van der Waals surface area contributed by atoms with Crippen molar-refractivity contribution >= 4 is 11.4 Å². The Hall–Kier alpha value is -2.07. The van der Waals surface area contributed by atoms with Crippen LogP contribution in [0.1, 0.15) is 31.6 Å². The van der Waals surface area contributed by atoms with Gasteiger partial charge in [0, 0.05) is 6.54 Å². The van der Waals surface area contributed by atoms with Crippen LogP contribution in [0.25, 0.3) is 0 Å². The molecule has 0 spiro atoms. The van der Waals surface area contributed by atoms with Gasteiger partial charge in [0.05, 0.1) is 36.0 Å². The van der Waals surface area contributed by atoms with Crippen molar-refractivity contribution < 1.29 is 9.84 Å². The van der Waals surface area contributed by atoms with Gasteiger partial charge in [0.25, 0.3) is 0 Å². The minimum atomic E-state index is -0.487. The molecule has 1 atom stereocenters. The normalized spacial score (nSPS) is 15.8. The summed E-state index contributed by atoms with van der Waals surface area (Å²) in [6, 6.07) is 12.0. The summed E-state index contributed by atoms with van der Waals surface area (Å²) in [5, 5.41) is 9.84. The second kappa shape index (κ2) is 6.14. The molecule has 1 N–H and O–H groups in total. The van der Waals surface area contributed by atoms with E-state index in [1.165, 1.54) is 0 Å². The number of para-hydroxylation sites is 2. The van der Waals surface area contributed by atoms with Crippen LogP contribution in [0, 0.1) is 0 Å². The molecule has 0 bridgehead atoms. The summed E-state index contributed by atoms with van der Waals surface area (Å²) in [5.41, 5.74) is 2.82. The third kappa shape index (κ3) is 2.85. The molecule has 0 saturated heterocycles. The van der Waals surface area contributed by atoms with Gasteiger partial charge in [-0.3, -0.25) is 4.98 Å². The number of rotatable bonds is 3. The topological polar surface area (TPSA) is 45.6 Å². The Labute approximate surface area is 125 Å². The largest absolute Gasteiger partial charge is 0.491 e. The van der Waals surface area contributed by atoms with Gasteiger partial charge in [-0.05, 0) is 37.1 Å². The van der Waals surface area contributed by atoms with Crippen LogP contribution in [0.3, 0.4) is 0 Å². The first-order valence-corrected chi connectivity index (χ1v) is 7.43. The van der Waals surface area contributed by atoms with E-state index < -0.39 is 6.10 Å². The van der Waals surface area contributed by atoms with Crippen LogP contribution in [0.2, 0.25) is 0 Å². The molecular formula is C17H20N2O2. The van der Waals surface area contributed by atoms with Gasteiger partial charge >= 0.3 is 0 Å². The number of aliphatic hydroxyl groups excluding tert-OH is 1. The van der Waals surface area contributed by atoms with Gasteiger partial charge in [-0.1, -0.05) is 19.1 Å². The van der Waals surface area contributed by atoms with Crippen LogP contribution in [-0.2, 0) is 0 Å². The first kappa shape index (κ1) is 13.9. The highest BCUT2D eigenvalue weighted by atomic mass is 16.5. The Kier molecular flexibility index (Phi) is 4.06. The molecule has 0 radical (unpaired) electrons. The number of nitrogens with zero attached hydrogens (tertiary/aromatic N) is 2. The van der Waals surface area contributed by atoms with Gasteiger partial charge in [-0.15, -0.1) is 0 Å². The van der Waals surface area contributed by atoms with Gasteiger partial charge in [0.1, 0.15) is 5.75 Å². The lowest BCUT2D eigenvalue weighted by Gasteiger charge is -2.23. The van der Waals surface area contributed by atoms with Crippen molar-refractivity contribution in [1.82, 2.24) is 4.98 Å². The lowest BCUT2D eigenvalue weighted by atomic mass is 10.1. The molecule has 0 aliphatic carbocycles. The number of hydrogen-bond donors (Lipinski definition) is 1. The zero-order chi connectivity index (χ0) is 14.7. The zero-order valence-corrected chi connectivity index (χ0v) is 12.2. The van der Waals surface area contributed by atoms with E-state index in [0.717, 1.165) is 42.4 Å². The van der Waals surface area contributed by atoms with Crippen molar-refractivity contribution in [2.45, 2.75) is 25.9 Å². The van der Waals surface area contributed by atoms with E-state index >= 15 is 0 Å². The molecule has 1 aliphatic rings. The van der Waals surface area contributed by atoms with Crippen molar-refractivity contribution in [1.29, 1.82) is 0 Å². The Morgan fingerprint density at radius 1 is 1.29 bits per heavy atom. The Morgan fingerprint density at radius 3 is 2.90 bits per heavy atom. The SMILES string of the molecule is CC[C@@H](O)c1ccc(N2CCCOc3ccccc32)cn1. The number of aliphatic hydroxyl groups is 1. The maximum absolute atomic E-state index is 9.84. The predicted molar refractivity (Wildman–Crippen MR) is 83.0 cm³/mol. The monoisotopic (exact) mass is 284 g/mol. The summed E-state index contributed by atoms with van der Waals surface area (Å²) in [6.45, 7) is 3.57. The molecule has 0 saturated carbocycles. The molecule has 4 nitrogen and oxygen atoms in total. The maximum atomic E-state index is 9.84. The van der Waals surface area contributed by atoms with Crippen LogP contribution in [0.5, 0.6) is 5.75 Å². The molecule has 1 aliphatic heterocycles. The molecule has 3 rings (SSSR count). The molecule has 4 heteroatoms. The average Bonchev–Trinajstić information content (AvgIpc) is 2.77. The Morgan fingerprint density at radius 2 is 2.14 bits per heavy atom. The first-order valence-electron chi connectivity index (χ1n) is 7.43. The van der Waals surface area contributed by atoms with Crippen molar-refractivity contribution in [3.05, 3.63) is 48.3 Å². The van der Waals surface area contributed by atoms with E-state index in [0.29, 0.717) is 6.42 Å². The summed E-state index contributed by atoms with van der Waals surface area (Å²) in [7, 11) is 0. The van der Waals surface area contributed by atoms with Crippen LogP contribution in [0.15, 0.2) is 42.6 Å². The van der Waals surface area contributed by atoms with E-state index in [9.17, 15) is 5.11 Å². The molecule has 110 valence electrons. The van der Waals surface area contributed by atoms with E-state index in [-0.39, 0.29) is 0 Å². The number of aromatic nitrogens is 1. The number of pyridine rings is 1. The van der Waals surface area contributed by atoms with Crippen LogP contribution >= 0.6 is 0 Å². The highest BCUT2D eigenvalue weighted by molar-refractivity contribution is 5.69. The molecule has 2 aromatic rings. The van der Waals surface area contributed by atoms with Gasteiger partial charge in [0.15, 0.2) is 0 Å². The van der Waals surface area contributed by atoms with E-state index in [1.54, 1.807) is 0 Å². The summed E-state index contributed by atoms with van der Waals surface area (Å²) < 4.78 is 5.78.